The summed E-state index contributed by atoms with van der Waals surface area (Å²) in [5.41, 5.74) is 0. The average molecular weight is 433 g/mol. The molecule has 0 aromatic rings. The molecule has 0 aromatic carbocycles. The molecule has 0 aliphatic rings. The Balaban J connectivity index is -0.00000000167. The van der Waals surface area contributed by atoms with Crippen LogP contribution in [-0.2, 0) is 86.5 Å². The zero-order chi connectivity index (χ0) is 2.00. The van der Waals surface area contributed by atoms with Crippen molar-refractivity contribution in [3.63, 3.8) is 0 Å². The maximum absolute atomic E-state index is 8.34. The summed E-state index contributed by atoms with van der Waals surface area (Å²) in [5.74, 6) is 0. The Labute approximate surface area is 85.1 Å². The van der Waals surface area contributed by atoms with Crippen molar-refractivity contribution in [1.82, 2.24) is 0 Å². The van der Waals surface area contributed by atoms with Gasteiger partial charge in [-0.25, -0.2) is 0 Å². The third-order valence-electron chi connectivity index (χ3n) is 0. The van der Waals surface area contributed by atoms with Gasteiger partial charge in [0.1, 0.15) is 0 Å². The monoisotopic (exact) mass is 430 g/mol. The fourth-order valence-electron chi connectivity index (χ4n) is 0. The van der Waals surface area contributed by atoms with E-state index in [1.807, 2.05) is 0 Å². The van der Waals surface area contributed by atoms with Gasteiger partial charge in [0.2, 0.25) is 0 Å². The maximum atomic E-state index is 8.34. The van der Waals surface area contributed by atoms with Gasteiger partial charge in [0.25, 0.3) is 0 Å². The van der Waals surface area contributed by atoms with Gasteiger partial charge in [0.15, 0.2) is 0 Å². The van der Waals surface area contributed by atoms with Crippen molar-refractivity contribution in [2.75, 3.05) is 0 Å². The quantitative estimate of drug-likeness (QED) is 0.487. The second kappa shape index (κ2) is 30.9. The normalized spacial score (nSPS) is 0.600. The molecule has 0 heterocycles. The van der Waals surface area contributed by atoms with Gasteiger partial charge in [-0.3, -0.25) is 0 Å². The fraction of sp³-hybridized carbons (Fsp3) is 0. The summed E-state index contributed by atoms with van der Waals surface area (Å²) in [6.07, 6.45) is 0. The van der Waals surface area contributed by atoms with Crippen molar-refractivity contribution < 1.29 is 86.5 Å². The van der Waals surface area contributed by atoms with E-state index >= 15 is 0 Å². The van der Waals surface area contributed by atoms with Crippen molar-refractivity contribution >= 4 is 0 Å². The van der Waals surface area contributed by atoms with Crippen LogP contribution in [0.2, 0.25) is 0 Å². The van der Waals surface area contributed by atoms with Crippen molar-refractivity contribution in [2.24, 2.45) is 0 Å². The number of hydrogen-bond donors (Lipinski definition) is 0. The molecule has 0 bridgehead atoms. The van der Waals surface area contributed by atoms with Gasteiger partial charge in [0, 0.05) is 58.9 Å². The topological polar surface area (TPSA) is 17.1 Å². The zero-order valence-electron chi connectivity index (χ0n) is 2.22. The minimum Gasteiger partial charge on any atom is 0 e. The van der Waals surface area contributed by atoms with E-state index in [2.05, 4.69) is 0 Å². The zero-order valence-corrected chi connectivity index (χ0v) is 10.8. The molecule has 34 valence electrons. The maximum Gasteiger partial charge on any atom is 0 e. The molecule has 0 unspecified atom stereocenters. The summed E-state index contributed by atoms with van der Waals surface area (Å²) in [6, 6.07) is 0. The average Bonchev–Trinajstić information content (AvgIpc) is 1.00. The standard InChI is InChI=1S/Au.Cu.O.Zn.Zr. The van der Waals surface area contributed by atoms with Crippen LogP contribution in [-0.4, -0.2) is 0 Å². The van der Waals surface area contributed by atoms with E-state index in [1.165, 1.54) is 0 Å². The Morgan fingerprint density at radius 3 is 1.20 bits per heavy atom. The first-order chi connectivity index (χ1) is 1.00. The molecular formula is AuCuOZnZr. The van der Waals surface area contributed by atoms with Crippen LogP contribution in [0.5, 0.6) is 0 Å². The van der Waals surface area contributed by atoms with Gasteiger partial charge in [-0.15, -0.1) is 0 Å². The van der Waals surface area contributed by atoms with Gasteiger partial charge >= 0.3 is 27.5 Å². The molecule has 2 radical (unpaired) electrons. The molecule has 0 amide bonds. The van der Waals surface area contributed by atoms with Gasteiger partial charge in [-0.05, 0) is 0 Å². The Morgan fingerprint density at radius 1 is 1.20 bits per heavy atom. The van der Waals surface area contributed by atoms with E-state index in [0.717, 1.165) is 0 Å². The van der Waals surface area contributed by atoms with Crippen LogP contribution < -0.4 is 0 Å². The first kappa shape index (κ1) is 25.7. The molecular weight excluding hydrogens is 433 g/mol. The largest absolute Gasteiger partial charge is 0 e. The van der Waals surface area contributed by atoms with Crippen LogP contribution in [0.25, 0.3) is 0 Å². The Hall–Kier alpha value is 2.57. The second-order valence-corrected chi connectivity index (χ2v) is 0. The van der Waals surface area contributed by atoms with Crippen molar-refractivity contribution in [3.05, 3.63) is 0 Å². The second-order valence-electron chi connectivity index (χ2n) is 0. The van der Waals surface area contributed by atoms with Crippen molar-refractivity contribution in [1.29, 1.82) is 0 Å². The van der Waals surface area contributed by atoms with E-state index in [-0.39, 0.29) is 58.9 Å². The number of rotatable bonds is 0. The molecule has 0 spiro atoms. The SMILES string of the molecule is [Au].[Cu].[O]=[Zr].[Zn]. The van der Waals surface area contributed by atoms with Crippen LogP contribution in [0.1, 0.15) is 0 Å². The summed E-state index contributed by atoms with van der Waals surface area (Å²) in [7, 11) is 0. The van der Waals surface area contributed by atoms with Crippen LogP contribution >= 0.6 is 0 Å². The van der Waals surface area contributed by atoms with E-state index in [4.69, 9.17) is 2.81 Å². The molecule has 0 atom stereocenters. The Bertz CT molecular complexity index is 11.6. The third-order valence-corrected chi connectivity index (χ3v) is 0. The number of hydrogen-bond acceptors (Lipinski definition) is 1. The Morgan fingerprint density at radius 2 is 1.20 bits per heavy atom. The molecule has 1 nitrogen and oxygen atoms in total. The van der Waals surface area contributed by atoms with E-state index in [1.54, 1.807) is 0 Å². The van der Waals surface area contributed by atoms with Gasteiger partial charge in [-0.2, -0.15) is 0 Å². The molecule has 0 fully saturated rings. The molecule has 0 saturated heterocycles. The molecule has 5 heavy (non-hydrogen) atoms. The van der Waals surface area contributed by atoms with Gasteiger partial charge in [-0.1, -0.05) is 0 Å². The first-order valence-electron chi connectivity index (χ1n) is 0.204. The molecule has 0 aliphatic heterocycles. The fourth-order valence-corrected chi connectivity index (χ4v) is 0. The summed E-state index contributed by atoms with van der Waals surface area (Å²) in [6.45, 7) is 0. The molecule has 0 aliphatic carbocycles. The molecule has 0 aromatic heterocycles. The van der Waals surface area contributed by atoms with Gasteiger partial charge in [0.05, 0.1) is 0 Å². The minimum absolute atomic E-state index is 0. The summed E-state index contributed by atoms with van der Waals surface area (Å²) < 4.78 is 8.34. The molecule has 5 heteroatoms. The predicted octanol–water partition coefficient (Wildman–Crippen LogP) is -0.129. The summed E-state index contributed by atoms with van der Waals surface area (Å²) in [5, 5.41) is 0. The molecule has 0 N–H and O–H groups in total. The smallest absolute Gasteiger partial charge is 0 e. The van der Waals surface area contributed by atoms with Crippen LogP contribution in [0.3, 0.4) is 0 Å². The van der Waals surface area contributed by atoms with Crippen molar-refractivity contribution in [3.8, 4) is 0 Å². The van der Waals surface area contributed by atoms with Crippen molar-refractivity contribution in [2.45, 2.75) is 0 Å². The summed E-state index contributed by atoms with van der Waals surface area (Å²) >= 11 is 0.300. The van der Waals surface area contributed by atoms with E-state index < -0.39 is 0 Å². The van der Waals surface area contributed by atoms with E-state index in [9.17, 15) is 0 Å². The van der Waals surface area contributed by atoms with Gasteiger partial charge < -0.3 is 0 Å². The van der Waals surface area contributed by atoms with Crippen LogP contribution in [0.4, 0.5) is 0 Å². The molecule has 0 saturated carbocycles. The first-order valence-corrected chi connectivity index (χ1v) is 1.21. The molecule has 0 rings (SSSR count). The van der Waals surface area contributed by atoms with Crippen LogP contribution in [0, 0.1) is 0 Å². The predicted molar refractivity (Wildman–Crippen MR) is 0.686 cm³/mol. The summed E-state index contributed by atoms with van der Waals surface area (Å²) in [4.78, 5) is 0. The minimum atomic E-state index is 0. The Kier molecular flexibility index (Phi) is 158. The van der Waals surface area contributed by atoms with E-state index in [0.29, 0.717) is 24.7 Å². The third kappa shape index (κ3) is 20.8. The van der Waals surface area contributed by atoms with Crippen LogP contribution in [0.15, 0.2) is 0 Å².